The Labute approximate surface area is 156 Å². The first kappa shape index (κ1) is 22.0. The lowest BCUT2D eigenvalue weighted by atomic mass is 10.2. The number of hydrogen-bond donors (Lipinski definition) is 1. The zero-order valence-electron chi connectivity index (χ0n) is 16.1. The van der Waals surface area contributed by atoms with Crippen LogP contribution in [0.25, 0.3) is 0 Å². The molecule has 1 N–H and O–H groups in total. The largest absolute Gasteiger partial charge is 0.382 e. The molecule has 1 heterocycles. The molecule has 0 aromatic carbocycles. The lowest BCUT2D eigenvalue weighted by Gasteiger charge is -2.22. The third-order valence-corrected chi connectivity index (χ3v) is 3.95. The van der Waals surface area contributed by atoms with Crippen molar-refractivity contribution in [3.8, 4) is 0 Å². The minimum atomic E-state index is -0.203. The molecule has 7 nitrogen and oxygen atoms in total. The summed E-state index contributed by atoms with van der Waals surface area (Å²) in [5.41, 5.74) is 0.295. The molecular formula is C19H32N4O3. The van der Waals surface area contributed by atoms with E-state index in [-0.39, 0.29) is 18.2 Å². The van der Waals surface area contributed by atoms with Crippen molar-refractivity contribution in [1.29, 1.82) is 0 Å². The van der Waals surface area contributed by atoms with Gasteiger partial charge in [0.05, 0.1) is 6.20 Å². The van der Waals surface area contributed by atoms with E-state index in [2.05, 4.69) is 22.2 Å². The van der Waals surface area contributed by atoms with E-state index in [0.29, 0.717) is 38.5 Å². The van der Waals surface area contributed by atoms with E-state index in [9.17, 15) is 9.59 Å². The Morgan fingerprint density at radius 2 is 1.96 bits per heavy atom. The lowest BCUT2D eigenvalue weighted by molar-refractivity contribution is -0.121. The number of nitrogens with zero attached hydrogens (tertiary/aromatic N) is 3. The van der Waals surface area contributed by atoms with E-state index >= 15 is 0 Å². The Kier molecular flexibility index (Phi) is 12.0. The van der Waals surface area contributed by atoms with Crippen molar-refractivity contribution in [2.75, 3.05) is 32.8 Å². The van der Waals surface area contributed by atoms with Gasteiger partial charge in [0.2, 0.25) is 5.91 Å². The second-order valence-corrected chi connectivity index (χ2v) is 6.09. The molecule has 2 amide bonds. The van der Waals surface area contributed by atoms with E-state index in [4.69, 9.17) is 4.74 Å². The van der Waals surface area contributed by atoms with Gasteiger partial charge in [0.25, 0.3) is 5.91 Å². The van der Waals surface area contributed by atoms with Crippen LogP contribution in [-0.4, -0.2) is 59.5 Å². The molecule has 0 bridgehead atoms. The smallest absolute Gasteiger partial charge is 0.274 e. The average Bonchev–Trinajstić information content (AvgIpc) is 2.67. The van der Waals surface area contributed by atoms with Crippen molar-refractivity contribution in [2.24, 2.45) is 0 Å². The van der Waals surface area contributed by atoms with Gasteiger partial charge in [0.15, 0.2) is 0 Å². The molecule has 1 rings (SSSR count). The molecule has 0 saturated heterocycles. The highest BCUT2D eigenvalue weighted by atomic mass is 16.5. The standard InChI is InChI=1S/C19H32N4O3/c1-3-5-6-7-10-22-18(24)9-14-23(13-8-15-26-4-2)19(25)17-16-20-11-12-21-17/h11-12,16H,3-10,13-15H2,1-2H3,(H,22,24). The van der Waals surface area contributed by atoms with Crippen LogP contribution < -0.4 is 5.32 Å². The maximum atomic E-state index is 12.6. The van der Waals surface area contributed by atoms with Crippen LogP contribution in [0.2, 0.25) is 0 Å². The zero-order chi connectivity index (χ0) is 19.0. The van der Waals surface area contributed by atoms with E-state index < -0.39 is 0 Å². The van der Waals surface area contributed by atoms with Crippen LogP contribution in [0.1, 0.15) is 62.9 Å². The summed E-state index contributed by atoms with van der Waals surface area (Å²) in [5, 5.41) is 2.92. The molecule has 1 aromatic heterocycles. The third-order valence-electron chi connectivity index (χ3n) is 3.95. The quantitative estimate of drug-likeness (QED) is 0.513. The molecule has 146 valence electrons. The molecule has 0 saturated carbocycles. The van der Waals surface area contributed by atoms with Crippen LogP contribution in [0.3, 0.4) is 0 Å². The molecule has 1 aromatic rings. The summed E-state index contributed by atoms with van der Waals surface area (Å²) in [6.45, 7) is 6.92. The number of amides is 2. The van der Waals surface area contributed by atoms with Crippen LogP contribution in [0, 0.1) is 0 Å². The van der Waals surface area contributed by atoms with Crippen molar-refractivity contribution in [3.05, 3.63) is 24.3 Å². The topological polar surface area (TPSA) is 84.4 Å². The van der Waals surface area contributed by atoms with Crippen LogP contribution >= 0.6 is 0 Å². The highest BCUT2D eigenvalue weighted by Crippen LogP contribution is 2.04. The molecule has 26 heavy (non-hydrogen) atoms. The van der Waals surface area contributed by atoms with Crippen LogP contribution in [-0.2, 0) is 9.53 Å². The fraction of sp³-hybridized carbons (Fsp3) is 0.684. The minimum absolute atomic E-state index is 0.0248. The predicted molar refractivity (Wildman–Crippen MR) is 101 cm³/mol. The number of ether oxygens (including phenoxy) is 1. The van der Waals surface area contributed by atoms with Gasteiger partial charge in [-0.2, -0.15) is 0 Å². The lowest BCUT2D eigenvalue weighted by Crippen LogP contribution is -2.37. The fourth-order valence-electron chi connectivity index (χ4n) is 2.49. The second kappa shape index (κ2) is 14.2. The van der Waals surface area contributed by atoms with Crippen molar-refractivity contribution in [3.63, 3.8) is 0 Å². The van der Waals surface area contributed by atoms with E-state index in [1.54, 1.807) is 4.90 Å². The summed E-state index contributed by atoms with van der Waals surface area (Å²) in [6, 6.07) is 0. The van der Waals surface area contributed by atoms with E-state index in [0.717, 1.165) is 19.3 Å². The number of carbonyl (C=O) groups is 2. The first-order valence-corrected chi connectivity index (χ1v) is 9.58. The molecule has 0 aliphatic carbocycles. The Morgan fingerprint density at radius 1 is 1.12 bits per heavy atom. The average molecular weight is 364 g/mol. The molecule has 0 aliphatic heterocycles. The molecule has 0 atom stereocenters. The van der Waals surface area contributed by atoms with Gasteiger partial charge in [-0.25, -0.2) is 4.98 Å². The summed E-state index contributed by atoms with van der Waals surface area (Å²) in [7, 11) is 0. The maximum absolute atomic E-state index is 12.6. The molecular weight excluding hydrogens is 332 g/mol. The summed E-state index contributed by atoms with van der Waals surface area (Å²) >= 11 is 0. The highest BCUT2D eigenvalue weighted by molar-refractivity contribution is 5.92. The molecule has 0 radical (unpaired) electrons. The monoisotopic (exact) mass is 364 g/mol. The van der Waals surface area contributed by atoms with Crippen LogP contribution in [0.4, 0.5) is 0 Å². The van der Waals surface area contributed by atoms with Gasteiger partial charge >= 0.3 is 0 Å². The first-order valence-electron chi connectivity index (χ1n) is 9.58. The van der Waals surface area contributed by atoms with Gasteiger partial charge in [-0.05, 0) is 19.8 Å². The molecule has 0 spiro atoms. The Bertz CT molecular complexity index is 511. The van der Waals surface area contributed by atoms with Crippen molar-refractivity contribution in [2.45, 2.75) is 52.4 Å². The van der Waals surface area contributed by atoms with Gasteiger partial charge < -0.3 is 15.0 Å². The highest BCUT2D eigenvalue weighted by Gasteiger charge is 2.18. The summed E-state index contributed by atoms with van der Waals surface area (Å²) < 4.78 is 5.34. The first-order chi connectivity index (χ1) is 12.7. The number of carbonyl (C=O) groups excluding carboxylic acids is 2. The normalized spacial score (nSPS) is 10.5. The summed E-state index contributed by atoms with van der Waals surface area (Å²) in [4.78, 5) is 34.3. The number of rotatable bonds is 14. The number of aromatic nitrogens is 2. The third kappa shape index (κ3) is 9.46. The van der Waals surface area contributed by atoms with Crippen molar-refractivity contribution in [1.82, 2.24) is 20.2 Å². The fourth-order valence-corrected chi connectivity index (χ4v) is 2.49. The maximum Gasteiger partial charge on any atom is 0.274 e. The summed E-state index contributed by atoms with van der Waals surface area (Å²) in [5.74, 6) is -0.228. The predicted octanol–water partition coefficient (Wildman–Crippen LogP) is 2.43. The van der Waals surface area contributed by atoms with Gasteiger partial charge in [0, 0.05) is 51.7 Å². The summed E-state index contributed by atoms with van der Waals surface area (Å²) in [6.07, 6.45) is 9.97. The molecule has 7 heteroatoms. The van der Waals surface area contributed by atoms with Crippen molar-refractivity contribution >= 4 is 11.8 Å². The number of unbranched alkanes of at least 4 members (excludes halogenated alkanes) is 3. The molecule has 0 aliphatic rings. The van der Waals surface area contributed by atoms with Crippen molar-refractivity contribution < 1.29 is 14.3 Å². The van der Waals surface area contributed by atoms with Gasteiger partial charge in [-0.3, -0.25) is 14.6 Å². The SMILES string of the molecule is CCCCCCNC(=O)CCN(CCCOCC)C(=O)c1cnccn1. The van der Waals surface area contributed by atoms with Gasteiger partial charge in [-0.15, -0.1) is 0 Å². The second-order valence-electron chi connectivity index (χ2n) is 6.09. The van der Waals surface area contributed by atoms with Gasteiger partial charge in [-0.1, -0.05) is 26.2 Å². The zero-order valence-corrected chi connectivity index (χ0v) is 16.1. The van der Waals surface area contributed by atoms with E-state index in [1.165, 1.54) is 31.4 Å². The Morgan fingerprint density at radius 3 is 2.65 bits per heavy atom. The number of nitrogens with one attached hydrogen (secondary N) is 1. The Hall–Kier alpha value is -2.02. The van der Waals surface area contributed by atoms with Crippen LogP contribution in [0.15, 0.2) is 18.6 Å². The van der Waals surface area contributed by atoms with Gasteiger partial charge in [0.1, 0.15) is 5.69 Å². The van der Waals surface area contributed by atoms with Crippen LogP contribution in [0.5, 0.6) is 0 Å². The number of hydrogen-bond acceptors (Lipinski definition) is 5. The molecule has 0 fully saturated rings. The molecule has 0 unspecified atom stereocenters. The van der Waals surface area contributed by atoms with E-state index in [1.807, 2.05) is 6.92 Å². The Balaban J connectivity index is 2.45. The minimum Gasteiger partial charge on any atom is -0.382 e.